The lowest BCUT2D eigenvalue weighted by Gasteiger charge is -2.36. The van der Waals surface area contributed by atoms with E-state index in [0.29, 0.717) is 18.7 Å². The molecule has 0 saturated carbocycles. The molecule has 5 nitrogen and oxygen atoms in total. The number of piperazine rings is 1. The van der Waals surface area contributed by atoms with Crippen molar-refractivity contribution < 1.29 is 4.79 Å². The molecule has 0 aromatic heterocycles. The van der Waals surface area contributed by atoms with E-state index >= 15 is 0 Å². The van der Waals surface area contributed by atoms with Crippen LogP contribution in [0.3, 0.4) is 0 Å². The second-order valence-electron chi connectivity index (χ2n) is 5.54. The van der Waals surface area contributed by atoms with Crippen molar-refractivity contribution in [3.63, 3.8) is 0 Å². The third-order valence-corrected chi connectivity index (χ3v) is 4.75. The summed E-state index contributed by atoms with van der Waals surface area (Å²) in [6.07, 6.45) is 0. The zero-order chi connectivity index (χ0) is 16.9. The Bertz CT molecular complexity index is 761. The Morgan fingerprint density at radius 1 is 1.04 bits per heavy atom. The number of anilines is 2. The van der Waals surface area contributed by atoms with Crippen LogP contribution in [0.2, 0.25) is 0 Å². The monoisotopic (exact) mass is 432 g/mol. The molecule has 1 aliphatic heterocycles. The maximum Gasteiger partial charge on any atom is 0.321 e. The molecule has 1 heterocycles. The first kappa shape index (κ1) is 16.6. The van der Waals surface area contributed by atoms with Crippen molar-refractivity contribution in [1.82, 2.24) is 4.90 Å². The lowest BCUT2D eigenvalue weighted by Crippen LogP contribution is -2.50. The molecule has 0 atom stereocenters. The number of hydrogen-bond donors (Lipinski definition) is 1. The third-order valence-electron chi connectivity index (χ3n) is 4.03. The van der Waals surface area contributed by atoms with Gasteiger partial charge in [0.15, 0.2) is 0 Å². The minimum atomic E-state index is -0.0792. The first-order chi connectivity index (χ1) is 11.7. The van der Waals surface area contributed by atoms with Crippen LogP contribution in [0.5, 0.6) is 0 Å². The summed E-state index contributed by atoms with van der Waals surface area (Å²) in [6.45, 7) is 2.71. The maximum absolute atomic E-state index is 12.4. The molecule has 0 radical (unpaired) electrons. The van der Waals surface area contributed by atoms with Gasteiger partial charge >= 0.3 is 6.03 Å². The van der Waals surface area contributed by atoms with Crippen LogP contribution >= 0.6 is 22.6 Å². The number of para-hydroxylation sites is 1. The van der Waals surface area contributed by atoms with Gasteiger partial charge in [0.05, 0.1) is 11.3 Å². The summed E-state index contributed by atoms with van der Waals surface area (Å²) in [5, 5.41) is 12.1. The van der Waals surface area contributed by atoms with Gasteiger partial charge in [-0.25, -0.2) is 4.79 Å². The molecular weight excluding hydrogens is 415 g/mol. The minimum absolute atomic E-state index is 0.0792. The van der Waals surface area contributed by atoms with Crippen LogP contribution in [-0.2, 0) is 0 Å². The lowest BCUT2D eigenvalue weighted by atomic mass is 10.1. The Labute approximate surface area is 155 Å². The quantitative estimate of drug-likeness (QED) is 0.740. The number of nitrogens with one attached hydrogen (secondary N) is 1. The van der Waals surface area contributed by atoms with Gasteiger partial charge in [0.2, 0.25) is 0 Å². The molecule has 0 aliphatic carbocycles. The smallest absolute Gasteiger partial charge is 0.321 e. The predicted molar refractivity (Wildman–Crippen MR) is 103 cm³/mol. The van der Waals surface area contributed by atoms with Crippen molar-refractivity contribution in [1.29, 1.82) is 5.26 Å². The zero-order valence-corrected chi connectivity index (χ0v) is 15.2. The molecule has 3 rings (SSSR count). The van der Waals surface area contributed by atoms with Crippen molar-refractivity contribution in [3.8, 4) is 6.07 Å². The molecule has 2 aromatic carbocycles. The topological polar surface area (TPSA) is 59.4 Å². The number of carbonyl (C=O) groups excluding carboxylic acids is 1. The van der Waals surface area contributed by atoms with Gasteiger partial charge in [0, 0.05) is 35.4 Å². The Hall–Kier alpha value is -2.27. The fraction of sp³-hybridized carbons (Fsp3) is 0.222. The van der Waals surface area contributed by atoms with Gasteiger partial charge in [0.1, 0.15) is 6.07 Å². The first-order valence-electron chi connectivity index (χ1n) is 7.73. The van der Waals surface area contributed by atoms with Crippen LogP contribution in [0.25, 0.3) is 0 Å². The van der Waals surface area contributed by atoms with Gasteiger partial charge in [-0.1, -0.05) is 12.1 Å². The van der Waals surface area contributed by atoms with Crippen LogP contribution in [0.15, 0.2) is 48.5 Å². The Balaban J connectivity index is 1.59. The van der Waals surface area contributed by atoms with Gasteiger partial charge in [-0.3, -0.25) is 0 Å². The van der Waals surface area contributed by atoms with Gasteiger partial charge < -0.3 is 15.1 Å². The molecule has 122 valence electrons. The largest absolute Gasteiger partial charge is 0.367 e. The molecule has 1 aliphatic rings. The molecule has 2 aromatic rings. The first-order valence-corrected chi connectivity index (χ1v) is 8.81. The van der Waals surface area contributed by atoms with Crippen molar-refractivity contribution >= 4 is 40.0 Å². The van der Waals surface area contributed by atoms with Crippen molar-refractivity contribution in [2.75, 3.05) is 36.4 Å². The molecule has 24 heavy (non-hydrogen) atoms. The lowest BCUT2D eigenvalue weighted by molar-refractivity contribution is 0.208. The van der Waals surface area contributed by atoms with E-state index in [9.17, 15) is 10.1 Å². The SMILES string of the molecule is N#Cc1ccccc1N1CCN(C(=O)Nc2ccc(I)cc2)CC1. The van der Waals surface area contributed by atoms with Crippen molar-refractivity contribution in [2.45, 2.75) is 0 Å². The number of halogens is 1. The Morgan fingerprint density at radius 2 is 1.71 bits per heavy atom. The maximum atomic E-state index is 12.4. The average molecular weight is 432 g/mol. The zero-order valence-electron chi connectivity index (χ0n) is 13.1. The number of benzene rings is 2. The highest BCUT2D eigenvalue weighted by Crippen LogP contribution is 2.21. The second kappa shape index (κ2) is 7.53. The van der Waals surface area contributed by atoms with Crippen molar-refractivity contribution in [2.24, 2.45) is 0 Å². The van der Waals surface area contributed by atoms with Crippen LogP contribution in [0.1, 0.15) is 5.56 Å². The number of urea groups is 1. The molecule has 1 N–H and O–H groups in total. The van der Waals surface area contributed by atoms with E-state index in [1.807, 2.05) is 53.4 Å². The Morgan fingerprint density at radius 3 is 2.38 bits per heavy atom. The fourth-order valence-corrected chi connectivity index (χ4v) is 3.09. The molecule has 0 spiro atoms. The second-order valence-corrected chi connectivity index (χ2v) is 6.79. The number of carbonyl (C=O) groups is 1. The number of nitriles is 1. The number of nitrogens with zero attached hydrogens (tertiary/aromatic N) is 3. The number of amides is 2. The van der Waals surface area contributed by atoms with Gasteiger partial charge in [-0.2, -0.15) is 5.26 Å². The summed E-state index contributed by atoms with van der Waals surface area (Å²) in [6, 6.07) is 17.5. The van der Waals surface area contributed by atoms with Crippen molar-refractivity contribution in [3.05, 3.63) is 57.7 Å². The van der Waals surface area contributed by atoms with Gasteiger partial charge in [-0.15, -0.1) is 0 Å². The predicted octanol–water partition coefficient (Wildman–Crippen LogP) is 3.52. The van der Waals surface area contributed by atoms with Crippen LogP contribution in [0, 0.1) is 14.9 Å². The summed E-state index contributed by atoms with van der Waals surface area (Å²) in [5.74, 6) is 0. The van der Waals surface area contributed by atoms with Gasteiger partial charge in [-0.05, 0) is 59.0 Å². The summed E-state index contributed by atoms with van der Waals surface area (Å²) in [4.78, 5) is 16.3. The van der Waals surface area contributed by atoms with E-state index < -0.39 is 0 Å². The summed E-state index contributed by atoms with van der Waals surface area (Å²) >= 11 is 2.24. The number of hydrogen-bond acceptors (Lipinski definition) is 3. The highest BCUT2D eigenvalue weighted by atomic mass is 127. The molecular formula is C18H17IN4O. The fourth-order valence-electron chi connectivity index (χ4n) is 2.73. The summed E-state index contributed by atoms with van der Waals surface area (Å²) < 4.78 is 1.13. The Kier molecular flexibility index (Phi) is 5.20. The van der Waals surface area contributed by atoms with E-state index in [0.717, 1.165) is 28.0 Å². The minimum Gasteiger partial charge on any atom is -0.367 e. The molecule has 0 bridgehead atoms. The molecule has 2 amide bonds. The highest BCUT2D eigenvalue weighted by Gasteiger charge is 2.22. The van der Waals surface area contributed by atoms with E-state index in [1.165, 1.54) is 0 Å². The van der Waals surface area contributed by atoms with Crippen LogP contribution in [0.4, 0.5) is 16.2 Å². The standard InChI is InChI=1S/C18H17IN4O/c19-15-5-7-16(8-6-15)21-18(24)23-11-9-22(10-12-23)17-4-2-1-3-14(17)13-20/h1-8H,9-12H2,(H,21,24). The highest BCUT2D eigenvalue weighted by molar-refractivity contribution is 14.1. The van der Waals surface area contributed by atoms with E-state index in [1.54, 1.807) is 0 Å². The molecule has 0 unspecified atom stereocenters. The van der Waals surface area contributed by atoms with Crippen LogP contribution in [-0.4, -0.2) is 37.1 Å². The third kappa shape index (κ3) is 3.79. The molecule has 1 fully saturated rings. The molecule has 1 saturated heterocycles. The van der Waals surface area contributed by atoms with E-state index in [4.69, 9.17) is 0 Å². The molecule has 6 heteroatoms. The normalized spacial score (nSPS) is 14.2. The van der Waals surface area contributed by atoms with E-state index in [2.05, 4.69) is 38.9 Å². The summed E-state index contributed by atoms with van der Waals surface area (Å²) in [7, 11) is 0. The summed E-state index contributed by atoms with van der Waals surface area (Å²) in [5.41, 5.74) is 2.42. The van der Waals surface area contributed by atoms with Gasteiger partial charge in [0.25, 0.3) is 0 Å². The number of rotatable bonds is 2. The average Bonchev–Trinajstić information content (AvgIpc) is 2.63. The van der Waals surface area contributed by atoms with E-state index in [-0.39, 0.29) is 6.03 Å². The van der Waals surface area contributed by atoms with Crippen LogP contribution < -0.4 is 10.2 Å².